The van der Waals surface area contributed by atoms with Gasteiger partial charge in [0.1, 0.15) is 0 Å². The average Bonchev–Trinajstić information content (AvgIpc) is 2.45. The van der Waals surface area contributed by atoms with E-state index in [1.165, 1.54) is 0 Å². The van der Waals surface area contributed by atoms with Gasteiger partial charge < -0.3 is 0 Å². The van der Waals surface area contributed by atoms with Gasteiger partial charge in [0.05, 0.1) is 19.2 Å². The minimum Gasteiger partial charge on any atom is -0.166 e. The van der Waals surface area contributed by atoms with Gasteiger partial charge in [0.2, 0.25) is 0 Å². The topological polar surface area (TPSA) is 0 Å². The van der Waals surface area contributed by atoms with Gasteiger partial charge in [-0.25, -0.2) is 0 Å². The van der Waals surface area contributed by atoms with Crippen LogP contribution in [0.1, 0.15) is 51.2 Å². The highest BCUT2D eigenvalue weighted by atomic mass is 28.3. The van der Waals surface area contributed by atoms with Crippen LogP contribution in [0.4, 0.5) is 26.3 Å². The van der Waals surface area contributed by atoms with E-state index in [9.17, 15) is 26.3 Å². The van der Waals surface area contributed by atoms with E-state index >= 15 is 0 Å². The van der Waals surface area contributed by atoms with Gasteiger partial charge in [-0.05, 0) is 6.07 Å². The Kier molecular flexibility index (Phi) is 6.96. The molecule has 7 heteroatoms. The molecule has 0 aliphatic heterocycles. The number of halogens is 6. The van der Waals surface area contributed by atoms with E-state index in [2.05, 4.69) is 0 Å². The zero-order valence-electron chi connectivity index (χ0n) is 14.2. The Balaban J connectivity index is 3.62. The first-order valence-corrected chi connectivity index (χ1v) is 10.9. The van der Waals surface area contributed by atoms with Crippen molar-refractivity contribution in [1.82, 2.24) is 0 Å². The SMILES string of the molecule is CCC[Si](CCC)(CCC)c1cc(C(F)(F)F)cc(C(F)(F)F)c1. The fraction of sp³-hybridized carbons (Fsp3) is 0.647. The van der Waals surface area contributed by atoms with Gasteiger partial charge in [0, 0.05) is 0 Å². The first kappa shape index (κ1) is 21.1. The van der Waals surface area contributed by atoms with Gasteiger partial charge in [0.25, 0.3) is 0 Å². The molecular weight excluding hydrogens is 346 g/mol. The summed E-state index contributed by atoms with van der Waals surface area (Å²) in [5, 5.41) is 0.301. The maximum Gasteiger partial charge on any atom is 0.416 e. The molecule has 0 atom stereocenters. The zero-order chi connectivity index (χ0) is 18.6. The van der Waals surface area contributed by atoms with E-state index in [-0.39, 0.29) is 6.07 Å². The molecule has 0 spiro atoms. The third-order valence-electron chi connectivity index (χ3n) is 4.39. The molecule has 0 fully saturated rings. The molecule has 0 bridgehead atoms. The molecule has 1 rings (SSSR count). The molecule has 0 aliphatic carbocycles. The quantitative estimate of drug-likeness (QED) is 0.374. The van der Waals surface area contributed by atoms with Crippen molar-refractivity contribution in [3.05, 3.63) is 29.3 Å². The van der Waals surface area contributed by atoms with Crippen molar-refractivity contribution < 1.29 is 26.3 Å². The predicted molar refractivity (Wildman–Crippen MR) is 87.1 cm³/mol. The first-order valence-electron chi connectivity index (χ1n) is 8.30. The van der Waals surface area contributed by atoms with E-state index in [0.29, 0.717) is 23.3 Å². The number of benzene rings is 1. The first-order chi connectivity index (χ1) is 11.0. The molecule has 0 amide bonds. The molecule has 0 N–H and O–H groups in total. The van der Waals surface area contributed by atoms with Gasteiger partial charge in [-0.2, -0.15) is 26.3 Å². The molecule has 0 radical (unpaired) electrons. The highest BCUT2D eigenvalue weighted by Gasteiger charge is 2.40. The molecule has 1 aromatic carbocycles. The zero-order valence-corrected chi connectivity index (χ0v) is 15.2. The summed E-state index contributed by atoms with van der Waals surface area (Å²) in [5.74, 6) is 0. The number of hydrogen-bond acceptors (Lipinski definition) is 0. The van der Waals surface area contributed by atoms with Crippen molar-refractivity contribution in [3.8, 4) is 0 Å². The van der Waals surface area contributed by atoms with Gasteiger partial charge in [-0.1, -0.05) is 75.5 Å². The smallest absolute Gasteiger partial charge is 0.166 e. The summed E-state index contributed by atoms with van der Waals surface area (Å²) in [4.78, 5) is 0. The molecule has 0 saturated heterocycles. The van der Waals surface area contributed by atoms with Gasteiger partial charge >= 0.3 is 12.4 Å². The molecular formula is C17H24F6Si. The lowest BCUT2D eigenvalue weighted by Gasteiger charge is -2.33. The summed E-state index contributed by atoms with van der Waals surface area (Å²) in [6.07, 6.45) is -7.25. The maximum absolute atomic E-state index is 13.1. The highest BCUT2D eigenvalue weighted by molar-refractivity contribution is 6.91. The second kappa shape index (κ2) is 7.93. The van der Waals surface area contributed by atoms with Crippen LogP contribution in [-0.2, 0) is 12.4 Å². The van der Waals surface area contributed by atoms with Crippen LogP contribution in [0.3, 0.4) is 0 Å². The van der Waals surface area contributed by atoms with Crippen LogP contribution in [0.15, 0.2) is 18.2 Å². The van der Waals surface area contributed by atoms with Crippen LogP contribution in [-0.4, -0.2) is 8.07 Å². The Morgan fingerprint density at radius 3 is 1.25 bits per heavy atom. The summed E-state index contributed by atoms with van der Waals surface area (Å²) in [6.45, 7) is 5.81. The van der Waals surface area contributed by atoms with Crippen molar-refractivity contribution in [3.63, 3.8) is 0 Å². The van der Waals surface area contributed by atoms with Crippen LogP contribution in [0.2, 0.25) is 18.1 Å². The predicted octanol–water partition coefficient (Wildman–Crippen LogP) is 6.61. The Labute approximate surface area is 140 Å². The summed E-state index contributed by atoms with van der Waals surface area (Å²) in [7, 11) is -2.39. The molecule has 0 saturated carbocycles. The van der Waals surface area contributed by atoms with Crippen LogP contribution in [0, 0.1) is 0 Å². The van der Waals surface area contributed by atoms with E-state index < -0.39 is 31.6 Å². The fourth-order valence-electron chi connectivity index (χ4n) is 3.50. The van der Waals surface area contributed by atoms with Crippen LogP contribution < -0.4 is 5.19 Å². The lowest BCUT2D eigenvalue weighted by Crippen LogP contribution is -2.48. The van der Waals surface area contributed by atoms with Crippen molar-refractivity contribution in [2.45, 2.75) is 70.5 Å². The molecule has 138 valence electrons. The lowest BCUT2D eigenvalue weighted by atomic mass is 10.1. The van der Waals surface area contributed by atoms with Gasteiger partial charge in [-0.3, -0.25) is 0 Å². The molecule has 1 aromatic rings. The monoisotopic (exact) mass is 370 g/mol. The van der Waals surface area contributed by atoms with Gasteiger partial charge in [0.15, 0.2) is 0 Å². The lowest BCUT2D eigenvalue weighted by molar-refractivity contribution is -0.142. The molecule has 0 nitrogen and oxygen atoms in total. The van der Waals surface area contributed by atoms with Crippen molar-refractivity contribution in [2.75, 3.05) is 0 Å². The van der Waals surface area contributed by atoms with E-state index in [4.69, 9.17) is 0 Å². The summed E-state index contributed by atoms with van der Waals surface area (Å²) >= 11 is 0. The third kappa shape index (κ3) is 5.01. The van der Waals surface area contributed by atoms with E-state index in [0.717, 1.165) is 31.4 Å². The number of rotatable bonds is 7. The molecule has 0 aromatic heterocycles. The summed E-state index contributed by atoms with van der Waals surface area (Å²) in [6, 6.07) is 4.32. The van der Waals surface area contributed by atoms with Crippen molar-refractivity contribution in [2.24, 2.45) is 0 Å². The Morgan fingerprint density at radius 2 is 1.00 bits per heavy atom. The molecule has 0 aliphatic rings. The van der Waals surface area contributed by atoms with Crippen molar-refractivity contribution in [1.29, 1.82) is 0 Å². The Bertz CT molecular complexity index is 484. The number of alkyl halides is 6. The molecule has 0 unspecified atom stereocenters. The largest absolute Gasteiger partial charge is 0.416 e. The standard InChI is InChI=1S/C17H24F6Si/c1-4-7-24(8-5-2,9-6-3)15-11-13(16(18,19)20)10-14(12-15)17(21,22)23/h10-12H,4-9H2,1-3H3. The summed E-state index contributed by atoms with van der Waals surface area (Å²) < 4.78 is 78.8. The Hall–Kier alpha value is -0.983. The number of hydrogen-bond donors (Lipinski definition) is 0. The van der Waals surface area contributed by atoms with Crippen LogP contribution in [0.25, 0.3) is 0 Å². The summed E-state index contributed by atoms with van der Waals surface area (Å²) in [5.41, 5.74) is -2.37. The second-order valence-corrected chi connectivity index (χ2v) is 11.0. The second-order valence-electron chi connectivity index (χ2n) is 6.32. The minimum absolute atomic E-state index is 0.229. The van der Waals surface area contributed by atoms with Crippen molar-refractivity contribution >= 4 is 13.3 Å². The molecule has 24 heavy (non-hydrogen) atoms. The van der Waals surface area contributed by atoms with E-state index in [1.54, 1.807) is 0 Å². The fourth-order valence-corrected chi connectivity index (χ4v) is 8.92. The van der Waals surface area contributed by atoms with Crippen LogP contribution in [0.5, 0.6) is 0 Å². The molecule has 0 heterocycles. The van der Waals surface area contributed by atoms with E-state index in [1.807, 2.05) is 20.8 Å². The third-order valence-corrected chi connectivity index (χ3v) is 10.3. The average molecular weight is 370 g/mol. The van der Waals surface area contributed by atoms with Crippen LogP contribution >= 0.6 is 0 Å². The minimum atomic E-state index is -4.78. The highest BCUT2D eigenvalue weighted by Crippen LogP contribution is 2.36. The normalized spacial score (nSPS) is 13.4. The Morgan fingerprint density at radius 1 is 0.667 bits per heavy atom. The van der Waals surface area contributed by atoms with Gasteiger partial charge in [-0.15, -0.1) is 0 Å². The maximum atomic E-state index is 13.1.